The molecular formula is C22H24N2O5. The summed E-state index contributed by atoms with van der Waals surface area (Å²) in [5.74, 6) is -1.37. The number of rotatable bonds is 9. The van der Waals surface area contributed by atoms with E-state index >= 15 is 0 Å². The fourth-order valence-corrected chi connectivity index (χ4v) is 2.81. The van der Waals surface area contributed by atoms with Crippen molar-refractivity contribution in [2.75, 3.05) is 18.5 Å². The number of nitrogens with one attached hydrogen (secondary N) is 1. The first-order valence-corrected chi connectivity index (χ1v) is 9.27. The zero-order valence-electron chi connectivity index (χ0n) is 16.7. The van der Waals surface area contributed by atoms with Gasteiger partial charge in [0.25, 0.3) is 0 Å². The molecule has 2 rings (SSSR count). The lowest BCUT2D eigenvalue weighted by Gasteiger charge is -2.30. The summed E-state index contributed by atoms with van der Waals surface area (Å²) in [7, 11) is 0. The number of ether oxygens (including phenoxy) is 2. The molecular weight excluding hydrogens is 372 g/mol. The van der Waals surface area contributed by atoms with Gasteiger partial charge in [-0.1, -0.05) is 13.0 Å². The lowest BCUT2D eigenvalue weighted by Crippen LogP contribution is -2.41. The quantitative estimate of drug-likeness (QED) is 0.625. The third-order valence-corrected chi connectivity index (χ3v) is 4.48. The lowest BCUT2D eigenvalue weighted by molar-refractivity contribution is -0.145. The van der Waals surface area contributed by atoms with Gasteiger partial charge in [0.05, 0.1) is 18.2 Å². The Bertz CT molecular complexity index is 918. The molecule has 2 aromatic carbocycles. The average Bonchev–Trinajstić information content (AvgIpc) is 2.72. The monoisotopic (exact) mass is 396 g/mol. The van der Waals surface area contributed by atoms with E-state index in [1.54, 1.807) is 43.3 Å². The molecule has 0 fully saturated rings. The van der Waals surface area contributed by atoms with Crippen molar-refractivity contribution in [3.05, 3.63) is 59.2 Å². The van der Waals surface area contributed by atoms with Crippen LogP contribution in [0.2, 0.25) is 0 Å². The van der Waals surface area contributed by atoms with Crippen LogP contribution in [0.3, 0.4) is 0 Å². The Morgan fingerprint density at radius 2 is 1.86 bits per heavy atom. The minimum atomic E-state index is -1.54. The molecule has 0 aliphatic rings. The number of esters is 1. The van der Waals surface area contributed by atoms with E-state index in [1.165, 1.54) is 6.92 Å². The maximum Gasteiger partial charge on any atom is 0.344 e. The van der Waals surface area contributed by atoms with Crippen molar-refractivity contribution in [2.24, 2.45) is 0 Å². The summed E-state index contributed by atoms with van der Waals surface area (Å²) in [5, 5.41) is 22.0. The molecule has 1 unspecified atom stereocenters. The van der Waals surface area contributed by atoms with Gasteiger partial charge < -0.3 is 19.9 Å². The third kappa shape index (κ3) is 5.26. The van der Waals surface area contributed by atoms with Crippen molar-refractivity contribution >= 4 is 17.6 Å². The van der Waals surface area contributed by atoms with Crippen LogP contribution in [0.4, 0.5) is 5.69 Å². The lowest BCUT2D eigenvalue weighted by atomic mass is 9.89. The van der Waals surface area contributed by atoms with Gasteiger partial charge >= 0.3 is 11.9 Å². The minimum absolute atomic E-state index is 0.233. The number of nitrogens with zero attached hydrogens (tertiary/aromatic N) is 1. The van der Waals surface area contributed by atoms with E-state index in [9.17, 15) is 14.7 Å². The molecule has 0 bridgehead atoms. The summed E-state index contributed by atoms with van der Waals surface area (Å²) < 4.78 is 10.5. The van der Waals surface area contributed by atoms with Crippen LogP contribution < -0.4 is 10.1 Å². The molecule has 1 atom stereocenters. The third-order valence-electron chi connectivity index (χ3n) is 4.48. The molecule has 152 valence electrons. The molecule has 7 heteroatoms. The first-order valence-electron chi connectivity index (χ1n) is 9.27. The molecule has 2 N–H and O–H groups in total. The van der Waals surface area contributed by atoms with Gasteiger partial charge in [-0.3, -0.25) is 0 Å². The Kier molecular flexibility index (Phi) is 7.21. The van der Waals surface area contributed by atoms with E-state index in [2.05, 4.69) is 5.32 Å². The number of carboxylic acid groups (broad SMARTS) is 1. The average molecular weight is 396 g/mol. The number of anilines is 1. The van der Waals surface area contributed by atoms with Crippen LogP contribution in [-0.2, 0) is 26.3 Å². The van der Waals surface area contributed by atoms with Gasteiger partial charge in [0.2, 0.25) is 0 Å². The van der Waals surface area contributed by atoms with Crippen molar-refractivity contribution in [2.45, 2.75) is 32.7 Å². The largest absolute Gasteiger partial charge is 0.482 e. The van der Waals surface area contributed by atoms with Crippen molar-refractivity contribution < 1.29 is 24.2 Å². The van der Waals surface area contributed by atoms with E-state index in [1.807, 2.05) is 19.1 Å². The van der Waals surface area contributed by atoms with Crippen molar-refractivity contribution in [3.8, 4) is 11.8 Å². The highest BCUT2D eigenvalue weighted by Crippen LogP contribution is 2.35. The van der Waals surface area contributed by atoms with Crippen molar-refractivity contribution in [1.82, 2.24) is 0 Å². The Morgan fingerprint density at radius 1 is 1.17 bits per heavy atom. The van der Waals surface area contributed by atoms with E-state index in [0.717, 1.165) is 5.56 Å². The molecule has 29 heavy (non-hydrogen) atoms. The summed E-state index contributed by atoms with van der Waals surface area (Å²) in [4.78, 5) is 24.0. The Labute approximate surface area is 169 Å². The molecule has 0 aliphatic carbocycles. The zero-order valence-corrected chi connectivity index (χ0v) is 16.7. The van der Waals surface area contributed by atoms with Crippen LogP contribution in [0.15, 0.2) is 42.5 Å². The van der Waals surface area contributed by atoms with Crippen molar-refractivity contribution in [1.29, 1.82) is 5.26 Å². The van der Waals surface area contributed by atoms with Gasteiger partial charge in [-0.15, -0.1) is 0 Å². The molecule has 0 aromatic heterocycles. The molecule has 0 spiro atoms. The van der Waals surface area contributed by atoms with E-state index in [-0.39, 0.29) is 19.0 Å². The number of hydrogen-bond acceptors (Lipinski definition) is 6. The summed E-state index contributed by atoms with van der Waals surface area (Å²) in [6, 6.07) is 13.8. The smallest absolute Gasteiger partial charge is 0.344 e. The van der Waals surface area contributed by atoms with Gasteiger partial charge in [0.1, 0.15) is 5.75 Å². The fourth-order valence-electron chi connectivity index (χ4n) is 2.81. The minimum Gasteiger partial charge on any atom is -0.482 e. The maximum absolute atomic E-state index is 12.3. The highest BCUT2D eigenvalue weighted by molar-refractivity contribution is 5.85. The van der Waals surface area contributed by atoms with Gasteiger partial charge in [-0.2, -0.15) is 5.26 Å². The molecule has 0 saturated carbocycles. The zero-order chi connectivity index (χ0) is 21.4. The predicted octanol–water partition coefficient (Wildman–Crippen LogP) is 3.47. The van der Waals surface area contributed by atoms with Gasteiger partial charge in [-0.05, 0) is 62.2 Å². The van der Waals surface area contributed by atoms with Crippen LogP contribution >= 0.6 is 0 Å². The number of carbonyl (C=O) groups excluding carboxylic acids is 1. The first kappa shape index (κ1) is 21.8. The normalized spacial score (nSPS) is 12.3. The SMILES string of the molecule is CCOC(=O)COc1ccc(CC)cc1C(C)(Nc1ccc(C#N)cc1)C(=O)O. The fraction of sp³-hybridized carbons (Fsp3) is 0.318. The Morgan fingerprint density at radius 3 is 2.41 bits per heavy atom. The summed E-state index contributed by atoms with van der Waals surface area (Å²) in [5.41, 5.74) is 0.783. The number of carboxylic acids is 1. The number of benzene rings is 2. The maximum atomic E-state index is 12.3. The molecule has 0 saturated heterocycles. The standard InChI is InChI=1S/C22H24N2O5/c1-4-15-8-11-19(29-14-20(25)28-5-2)18(12-15)22(3,21(26)27)24-17-9-6-16(13-23)7-10-17/h6-12,24H,4-5,14H2,1-3H3,(H,26,27). The Balaban J connectivity index is 2.44. The molecule has 0 heterocycles. The van der Waals surface area contributed by atoms with Gasteiger partial charge in [-0.25, -0.2) is 9.59 Å². The first-order chi connectivity index (χ1) is 13.8. The van der Waals surface area contributed by atoms with Gasteiger partial charge in [0, 0.05) is 11.3 Å². The second kappa shape index (κ2) is 9.60. The topological polar surface area (TPSA) is 109 Å². The summed E-state index contributed by atoms with van der Waals surface area (Å²) >= 11 is 0. The van der Waals surface area contributed by atoms with Crippen LogP contribution in [0.5, 0.6) is 5.75 Å². The second-order valence-electron chi connectivity index (χ2n) is 6.52. The van der Waals surface area contributed by atoms with Crippen molar-refractivity contribution in [3.63, 3.8) is 0 Å². The van der Waals surface area contributed by atoms with Gasteiger partial charge in [0.15, 0.2) is 12.1 Å². The van der Waals surface area contributed by atoms with Crippen LogP contribution in [-0.4, -0.2) is 30.3 Å². The molecule has 7 nitrogen and oxygen atoms in total. The number of aliphatic carboxylic acids is 1. The van der Waals surface area contributed by atoms with E-state index < -0.39 is 17.5 Å². The van der Waals surface area contributed by atoms with Crippen LogP contribution in [0, 0.1) is 11.3 Å². The predicted molar refractivity (Wildman–Crippen MR) is 108 cm³/mol. The highest BCUT2D eigenvalue weighted by atomic mass is 16.6. The number of carbonyl (C=O) groups is 2. The van der Waals surface area contributed by atoms with Crippen LogP contribution in [0.25, 0.3) is 0 Å². The molecule has 2 aromatic rings. The molecule has 0 amide bonds. The summed E-state index contributed by atoms with van der Waals surface area (Å²) in [6.07, 6.45) is 0.706. The molecule has 0 radical (unpaired) electrons. The number of hydrogen-bond donors (Lipinski definition) is 2. The number of nitriles is 1. The molecule has 0 aliphatic heterocycles. The Hall–Kier alpha value is -3.53. The highest BCUT2D eigenvalue weighted by Gasteiger charge is 2.38. The summed E-state index contributed by atoms with van der Waals surface area (Å²) in [6.45, 7) is 5.10. The second-order valence-corrected chi connectivity index (χ2v) is 6.52. The number of aryl methyl sites for hydroxylation is 1. The van der Waals surface area contributed by atoms with Crippen LogP contribution in [0.1, 0.15) is 37.5 Å². The van der Waals surface area contributed by atoms with E-state index in [0.29, 0.717) is 23.2 Å². The van der Waals surface area contributed by atoms with E-state index in [4.69, 9.17) is 14.7 Å².